The van der Waals surface area contributed by atoms with Gasteiger partial charge in [-0.1, -0.05) is 0 Å². The average Bonchev–Trinajstić information content (AvgIpc) is 2.07. The van der Waals surface area contributed by atoms with Crippen molar-refractivity contribution >= 4 is 19.7 Å². The van der Waals surface area contributed by atoms with Gasteiger partial charge in [-0.3, -0.25) is 14.5 Å². The van der Waals surface area contributed by atoms with Crippen molar-refractivity contribution in [2.24, 2.45) is 0 Å². The highest BCUT2D eigenvalue weighted by Crippen LogP contribution is 2.18. The molecule has 0 aromatic heterocycles. The zero-order valence-electron chi connectivity index (χ0n) is 6.54. The molecule has 2 amide bonds. The number of likely N-dealkylation sites (tertiary alicyclic amines) is 1. The summed E-state index contributed by atoms with van der Waals surface area (Å²) in [7, 11) is 6.97. The second kappa shape index (κ2) is 3.07. The van der Waals surface area contributed by atoms with Crippen LogP contribution in [0.2, 0.25) is 5.82 Å². The summed E-state index contributed by atoms with van der Waals surface area (Å²) in [6.45, 7) is 0. The van der Waals surface area contributed by atoms with E-state index < -0.39 is 5.82 Å². The predicted octanol–water partition coefficient (Wildman–Crippen LogP) is 0.112. The van der Waals surface area contributed by atoms with Gasteiger partial charge in [0, 0.05) is 19.3 Å². The van der Waals surface area contributed by atoms with Crippen molar-refractivity contribution < 1.29 is 9.59 Å². The number of rotatable bonds is 0. The minimum absolute atomic E-state index is 0.122. The van der Waals surface area contributed by atoms with E-state index in [1.165, 1.54) is 7.05 Å². The first kappa shape index (κ1) is 8.30. The summed E-state index contributed by atoms with van der Waals surface area (Å²) in [5, 5.41) is 0. The normalized spacial score (nSPS) is 27.0. The van der Waals surface area contributed by atoms with Crippen molar-refractivity contribution in [3.05, 3.63) is 0 Å². The van der Waals surface area contributed by atoms with Gasteiger partial charge in [0.05, 0.1) is 7.85 Å². The third kappa shape index (κ3) is 1.61. The van der Waals surface area contributed by atoms with Crippen molar-refractivity contribution in [2.75, 3.05) is 7.05 Å². The molecular formula is C7H10BNO2. The summed E-state index contributed by atoms with van der Waals surface area (Å²) in [5.41, 5.74) is 0. The van der Waals surface area contributed by atoms with Gasteiger partial charge in [-0.2, -0.15) is 0 Å². The fraction of sp³-hybridized carbons (Fsp3) is 0.714. The van der Waals surface area contributed by atoms with E-state index >= 15 is 0 Å². The SMILES string of the molecule is [B]C1CCCC(=O)N(C)C1=O. The molecular weight excluding hydrogens is 141 g/mol. The number of amides is 2. The Labute approximate surface area is 67.2 Å². The fourth-order valence-corrected chi connectivity index (χ4v) is 1.14. The Morgan fingerprint density at radius 1 is 1.55 bits per heavy atom. The lowest BCUT2D eigenvalue weighted by Crippen LogP contribution is -2.33. The molecule has 58 valence electrons. The Bertz CT molecular complexity index is 193. The topological polar surface area (TPSA) is 37.4 Å². The summed E-state index contributed by atoms with van der Waals surface area (Å²) in [5.74, 6) is -0.859. The minimum Gasteiger partial charge on any atom is -0.286 e. The van der Waals surface area contributed by atoms with E-state index in [1.807, 2.05) is 0 Å². The van der Waals surface area contributed by atoms with Gasteiger partial charge in [-0.15, -0.1) is 0 Å². The van der Waals surface area contributed by atoms with Crippen molar-refractivity contribution in [1.29, 1.82) is 0 Å². The Kier molecular flexibility index (Phi) is 2.32. The van der Waals surface area contributed by atoms with Crippen molar-refractivity contribution in [3.8, 4) is 0 Å². The van der Waals surface area contributed by atoms with E-state index in [-0.39, 0.29) is 11.8 Å². The van der Waals surface area contributed by atoms with Crippen LogP contribution in [0.5, 0.6) is 0 Å². The van der Waals surface area contributed by atoms with Crippen LogP contribution in [-0.4, -0.2) is 31.6 Å². The highest BCUT2D eigenvalue weighted by Gasteiger charge is 2.25. The van der Waals surface area contributed by atoms with Crippen LogP contribution in [0.15, 0.2) is 0 Å². The lowest BCUT2D eigenvalue weighted by molar-refractivity contribution is -0.141. The molecule has 0 spiro atoms. The Balaban J connectivity index is 2.73. The van der Waals surface area contributed by atoms with Gasteiger partial charge < -0.3 is 0 Å². The second-order valence-corrected chi connectivity index (χ2v) is 2.79. The van der Waals surface area contributed by atoms with Crippen LogP contribution >= 0.6 is 0 Å². The van der Waals surface area contributed by atoms with E-state index in [0.29, 0.717) is 12.8 Å². The molecule has 4 heteroatoms. The maximum Gasteiger partial charge on any atom is 0.228 e. The Hall–Kier alpha value is -0.795. The van der Waals surface area contributed by atoms with Gasteiger partial charge in [-0.25, -0.2) is 0 Å². The standard InChI is InChI=1S/C7H10BNO2/c1-9-6(10)4-2-3-5(8)7(9)11/h5H,2-4H2,1H3. The maximum atomic E-state index is 11.1. The summed E-state index contributed by atoms with van der Waals surface area (Å²) in [6.07, 6.45) is 1.78. The lowest BCUT2D eigenvalue weighted by Gasteiger charge is -2.14. The molecule has 1 atom stereocenters. The minimum atomic E-state index is -0.480. The third-order valence-electron chi connectivity index (χ3n) is 1.93. The predicted molar refractivity (Wildman–Crippen MR) is 41.1 cm³/mol. The van der Waals surface area contributed by atoms with E-state index in [1.54, 1.807) is 0 Å². The molecule has 11 heavy (non-hydrogen) atoms. The van der Waals surface area contributed by atoms with Crippen LogP contribution in [0.1, 0.15) is 19.3 Å². The van der Waals surface area contributed by atoms with Gasteiger partial charge in [0.1, 0.15) is 0 Å². The van der Waals surface area contributed by atoms with Crippen LogP contribution in [0.25, 0.3) is 0 Å². The molecule has 1 heterocycles. The summed E-state index contributed by atoms with van der Waals surface area (Å²) in [6, 6.07) is 0. The summed E-state index contributed by atoms with van der Waals surface area (Å²) >= 11 is 0. The molecule has 3 nitrogen and oxygen atoms in total. The van der Waals surface area contributed by atoms with E-state index in [4.69, 9.17) is 7.85 Å². The number of hydrogen-bond donors (Lipinski definition) is 0. The fourth-order valence-electron chi connectivity index (χ4n) is 1.14. The zero-order valence-corrected chi connectivity index (χ0v) is 6.54. The summed E-state index contributed by atoms with van der Waals surface area (Å²) in [4.78, 5) is 23.3. The largest absolute Gasteiger partial charge is 0.286 e. The first-order valence-electron chi connectivity index (χ1n) is 3.69. The second-order valence-electron chi connectivity index (χ2n) is 2.79. The number of carbonyl (C=O) groups excluding carboxylic acids is 2. The molecule has 2 radical (unpaired) electrons. The summed E-state index contributed by atoms with van der Waals surface area (Å²) < 4.78 is 0. The third-order valence-corrected chi connectivity index (χ3v) is 1.93. The Morgan fingerprint density at radius 3 is 2.82 bits per heavy atom. The highest BCUT2D eigenvalue weighted by atomic mass is 16.2. The van der Waals surface area contributed by atoms with Crippen LogP contribution in [0.3, 0.4) is 0 Å². The zero-order chi connectivity index (χ0) is 8.43. The van der Waals surface area contributed by atoms with E-state index in [2.05, 4.69) is 0 Å². The lowest BCUT2D eigenvalue weighted by atomic mass is 9.83. The Morgan fingerprint density at radius 2 is 2.18 bits per heavy atom. The highest BCUT2D eigenvalue weighted by molar-refractivity contribution is 6.25. The molecule has 0 bridgehead atoms. The van der Waals surface area contributed by atoms with E-state index in [0.717, 1.165) is 11.3 Å². The molecule has 1 aliphatic heterocycles. The first-order valence-corrected chi connectivity index (χ1v) is 3.69. The maximum absolute atomic E-state index is 11.1. The molecule has 1 saturated heterocycles. The average molecular weight is 151 g/mol. The molecule has 0 aromatic rings. The van der Waals surface area contributed by atoms with Crippen LogP contribution in [0.4, 0.5) is 0 Å². The number of carbonyl (C=O) groups is 2. The molecule has 0 saturated carbocycles. The van der Waals surface area contributed by atoms with Crippen LogP contribution in [0, 0.1) is 0 Å². The molecule has 0 N–H and O–H groups in total. The van der Waals surface area contributed by atoms with Gasteiger partial charge in [0.2, 0.25) is 11.8 Å². The molecule has 0 aliphatic carbocycles. The molecule has 1 unspecified atom stereocenters. The molecule has 1 fully saturated rings. The number of imide groups is 1. The van der Waals surface area contributed by atoms with E-state index in [9.17, 15) is 9.59 Å². The van der Waals surface area contributed by atoms with Crippen molar-refractivity contribution in [3.63, 3.8) is 0 Å². The van der Waals surface area contributed by atoms with Crippen LogP contribution in [-0.2, 0) is 9.59 Å². The van der Waals surface area contributed by atoms with Crippen LogP contribution < -0.4 is 0 Å². The van der Waals surface area contributed by atoms with Gasteiger partial charge >= 0.3 is 0 Å². The quantitative estimate of drug-likeness (QED) is 0.364. The number of nitrogens with zero attached hydrogens (tertiary/aromatic N) is 1. The number of hydrogen-bond acceptors (Lipinski definition) is 2. The van der Waals surface area contributed by atoms with Gasteiger partial charge in [0.25, 0.3) is 0 Å². The molecule has 1 rings (SSSR count). The van der Waals surface area contributed by atoms with Crippen molar-refractivity contribution in [1.82, 2.24) is 4.90 Å². The molecule has 1 aliphatic rings. The smallest absolute Gasteiger partial charge is 0.228 e. The van der Waals surface area contributed by atoms with Gasteiger partial charge in [0.15, 0.2) is 0 Å². The van der Waals surface area contributed by atoms with Crippen molar-refractivity contribution in [2.45, 2.75) is 25.1 Å². The molecule has 0 aromatic carbocycles. The van der Waals surface area contributed by atoms with Gasteiger partial charge in [-0.05, 0) is 12.8 Å². The first-order chi connectivity index (χ1) is 5.13. The monoisotopic (exact) mass is 151 g/mol.